The van der Waals surface area contributed by atoms with Gasteiger partial charge in [-0.1, -0.05) is 18.2 Å². The summed E-state index contributed by atoms with van der Waals surface area (Å²) in [7, 11) is 0. The number of aliphatic hydroxyl groups is 1. The first-order valence-electron chi connectivity index (χ1n) is 5.11. The molecule has 1 atom stereocenters. The molecular formula is C11H15N2O2+. The zero-order chi connectivity index (χ0) is 10.7. The van der Waals surface area contributed by atoms with Gasteiger partial charge in [0.25, 0.3) is 0 Å². The lowest BCUT2D eigenvalue weighted by atomic mass is 10.2. The van der Waals surface area contributed by atoms with Gasteiger partial charge in [0.2, 0.25) is 0 Å². The van der Waals surface area contributed by atoms with Crippen LogP contribution in [0.5, 0.6) is 0 Å². The summed E-state index contributed by atoms with van der Waals surface area (Å²) in [5.41, 5.74) is 0.946. The van der Waals surface area contributed by atoms with E-state index >= 15 is 0 Å². The summed E-state index contributed by atoms with van der Waals surface area (Å²) in [6.45, 7) is 1.84. The van der Waals surface area contributed by atoms with Crippen molar-refractivity contribution in [2.75, 3.05) is 26.2 Å². The van der Waals surface area contributed by atoms with E-state index in [1.165, 1.54) is 0 Å². The SMILES string of the molecule is O=C1NCC[N+]1(CCO)c1ccccc1. The predicted octanol–water partition coefficient (Wildman–Crippen LogP) is 0.709. The number of rotatable bonds is 3. The Morgan fingerprint density at radius 1 is 1.33 bits per heavy atom. The molecule has 0 saturated carbocycles. The van der Waals surface area contributed by atoms with E-state index in [9.17, 15) is 4.79 Å². The molecule has 2 N–H and O–H groups in total. The number of hydrogen-bond acceptors (Lipinski definition) is 2. The van der Waals surface area contributed by atoms with Gasteiger partial charge in [-0.3, -0.25) is 5.32 Å². The number of nitrogens with zero attached hydrogens (tertiary/aromatic N) is 1. The van der Waals surface area contributed by atoms with Crippen LogP contribution in [0.4, 0.5) is 10.5 Å². The molecule has 1 aromatic carbocycles. The maximum atomic E-state index is 11.8. The van der Waals surface area contributed by atoms with Crippen LogP contribution in [0.3, 0.4) is 0 Å². The highest BCUT2D eigenvalue weighted by Gasteiger charge is 2.43. The van der Waals surface area contributed by atoms with Crippen molar-refractivity contribution in [2.45, 2.75) is 0 Å². The number of para-hydroxylation sites is 1. The van der Waals surface area contributed by atoms with Gasteiger partial charge in [-0.15, -0.1) is 0 Å². The number of benzene rings is 1. The Morgan fingerprint density at radius 3 is 2.60 bits per heavy atom. The van der Waals surface area contributed by atoms with Gasteiger partial charge in [-0.05, 0) is 12.1 Å². The van der Waals surface area contributed by atoms with E-state index in [0.29, 0.717) is 19.6 Å². The van der Waals surface area contributed by atoms with Crippen molar-refractivity contribution in [3.05, 3.63) is 30.3 Å². The highest BCUT2D eigenvalue weighted by Crippen LogP contribution is 2.24. The fourth-order valence-electron chi connectivity index (χ4n) is 2.08. The molecule has 1 unspecified atom stereocenters. The molecule has 4 nitrogen and oxygen atoms in total. The van der Waals surface area contributed by atoms with Gasteiger partial charge in [0.15, 0.2) is 0 Å². The highest BCUT2D eigenvalue weighted by molar-refractivity contribution is 5.89. The monoisotopic (exact) mass is 207 g/mol. The lowest BCUT2D eigenvalue weighted by Gasteiger charge is -2.28. The normalized spacial score (nSPS) is 25.3. The number of nitrogens with one attached hydrogen (secondary N) is 1. The largest absolute Gasteiger partial charge is 0.422 e. The molecule has 0 aromatic heterocycles. The van der Waals surface area contributed by atoms with Crippen molar-refractivity contribution >= 4 is 11.7 Å². The van der Waals surface area contributed by atoms with Crippen molar-refractivity contribution in [3.8, 4) is 0 Å². The van der Waals surface area contributed by atoms with Crippen LogP contribution in [-0.4, -0.2) is 37.4 Å². The van der Waals surface area contributed by atoms with Crippen LogP contribution in [0.15, 0.2) is 30.3 Å². The summed E-state index contributed by atoms with van der Waals surface area (Å²) in [5.74, 6) is 0. The molecular weight excluding hydrogens is 192 g/mol. The fraction of sp³-hybridized carbons (Fsp3) is 0.364. The molecule has 1 aliphatic rings. The smallest absolute Gasteiger partial charge is 0.390 e. The van der Waals surface area contributed by atoms with Gasteiger partial charge in [0.05, 0.1) is 13.2 Å². The molecule has 80 valence electrons. The van der Waals surface area contributed by atoms with E-state index in [-0.39, 0.29) is 17.1 Å². The number of amides is 2. The van der Waals surface area contributed by atoms with Crippen molar-refractivity contribution in [2.24, 2.45) is 0 Å². The molecule has 15 heavy (non-hydrogen) atoms. The first kappa shape index (κ1) is 10.1. The molecule has 1 aromatic rings. The summed E-state index contributed by atoms with van der Waals surface area (Å²) in [5, 5.41) is 11.9. The Bertz CT molecular complexity index is 353. The lowest BCUT2D eigenvalue weighted by Crippen LogP contribution is -2.53. The first-order valence-corrected chi connectivity index (χ1v) is 5.11. The van der Waals surface area contributed by atoms with Gasteiger partial charge >= 0.3 is 6.03 Å². The molecule has 0 aliphatic carbocycles. The maximum Gasteiger partial charge on any atom is 0.422 e. The third-order valence-electron chi connectivity index (χ3n) is 2.89. The molecule has 2 rings (SSSR count). The van der Waals surface area contributed by atoms with E-state index in [1.54, 1.807) is 0 Å². The fourth-order valence-corrected chi connectivity index (χ4v) is 2.08. The van der Waals surface area contributed by atoms with Gasteiger partial charge in [0.1, 0.15) is 18.8 Å². The quantitative estimate of drug-likeness (QED) is 0.717. The second kappa shape index (κ2) is 4.00. The molecule has 1 aliphatic heterocycles. The highest BCUT2D eigenvalue weighted by atomic mass is 16.3. The second-order valence-corrected chi connectivity index (χ2v) is 3.71. The Kier molecular flexibility index (Phi) is 2.70. The van der Waals surface area contributed by atoms with Crippen LogP contribution in [0.1, 0.15) is 0 Å². The minimum Gasteiger partial charge on any atom is -0.390 e. The van der Waals surface area contributed by atoms with Crippen molar-refractivity contribution < 1.29 is 9.90 Å². The summed E-state index contributed by atoms with van der Waals surface area (Å²) in [6.07, 6.45) is 0. The van der Waals surface area contributed by atoms with Crippen molar-refractivity contribution in [1.82, 2.24) is 9.80 Å². The zero-order valence-electron chi connectivity index (χ0n) is 8.52. The lowest BCUT2D eigenvalue weighted by molar-refractivity contribution is 0.197. The molecule has 1 fully saturated rings. The molecule has 1 heterocycles. The van der Waals surface area contributed by atoms with Crippen LogP contribution >= 0.6 is 0 Å². The summed E-state index contributed by atoms with van der Waals surface area (Å²) in [6, 6.07) is 9.60. The van der Waals surface area contributed by atoms with E-state index in [2.05, 4.69) is 5.32 Å². The summed E-state index contributed by atoms with van der Waals surface area (Å²) >= 11 is 0. The third kappa shape index (κ3) is 1.62. The van der Waals surface area contributed by atoms with Gasteiger partial charge in [-0.25, -0.2) is 9.28 Å². The number of hydrogen-bond donors (Lipinski definition) is 2. The third-order valence-corrected chi connectivity index (χ3v) is 2.89. The van der Waals surface area contributed by atoms with Crippen LogP contribution in [0, 0.1) is 0 Å². The first-order chi connectivity index (χ1) is 7.29. The van der Waals surface area contributed by atoms with Gasteiger partial charge < -0.3 is 5.11 Å². The van der Waals surface area contributed by atoms with E-state index in [1.807, 2.05) is 30.3 Å². The Hall–Kier alpha value is -1.39. The van der Waals surface area contributed by atoms with Gasteiger partial charge in [-0.2, -0.15) is 0 Å². The Morgan fingerprint density at radius 2 is 2.07 bits per heavy atom. The van der Waals surface area contributed by atoms with E-state index in [4.69, 9.17) is 5.11 Å². The summed E-state index contributed by atoms with van der Waals surface area (Å²) < 4.78 is 0.220. The number of carbonyl (C=O) groups is 1. The molecule has 0 radical (unpaired) electrons. The number of carbonyl (C=O) groups excluding carboxylic acids is 1. The Balaban J connectivity index is 2.39. The van der Waals surface area contributed by atoms with Crippen LogP contribution in [0.2, 0.25) is 0 Å². The Labute approximate surface area is 88.7 Å². The minimum absolute atomic E-state index is 0.0162. The topological polar surface area (TPSA) is 49.3 Å². The maximum absolute atomic E-state index is 11.8. The average Bonchev–Trinajstić information content (AvgIpc) is 2.63. The van der Waals surface area contributed by atoms with E-state index in [0.717, 1.165) is 5.69 Å². The van der Waals surface area contributed by atoms with Gasteiger partial charge in [0, 0.05) is 0 Å². The zero-order valence-corrected chi connectivity index (χ0v) is 8.52. The van der Waals surface area contributed by atoms with E-state index < -0.39 is 0 Å². The second-order valence-electron chi connectivity index (χ2n) is 3.71. The van der Waals surface area contributed by atoms with Crippen LogP contribution in [0.25, 0.3) is 0 Å². The molecule has 0 spiro atoms. The van der Waals surface area contributed by atoms with Crippen LogP contribution < -0.4 is 9.80 Å². The molecule has 0 bridgehead atoms. The van der Waals surface area contributed by atoms with Crippen molar-refractivity contribution in [1.29, 1.82) is 0 Å². The molecule has 2 amide bonds. The summed E-state index contributed by atoms with van der Waals surface area (Å²) in [4.78, 5) is 11.8. The molecule has 4 heteroatoms. The average molecular weight is 207 g/mol. The number of aliphatic hydroxyl groups excluding tert-OH is 1. The minimum atomic E-state index is -0.0183. The standard InChI is InChI=1S/C11H14N2O2/c14-9-8-13(7-6-12-11(13)15)10-4-2-1-3-5-10/h1-5,14H,6-9H2/p+1. The van der Waals surface area contributed by atoms with Crippen molar-refractivity contribution in [3.63, 3.8) is 0 Å². The molecule has 1 saturated heterocycles. The predicted molar refractivity (Wildman–Crippen MR) is 58.5 cm³/mol. The number of urea groups is 1. The van der Waals surface area contributed by atoms with Crippen LogP contribution in [-0.2, 0) is 0 Å². The number of quaternary nitrogens is 1.